The van der Waals surface area contributed by atoms with Crippen LogP contribution in [0, 0.1) is 0 Å². The third-order valence-electron chi connectivity index (χ3n) is 8.03. The van der Waals surface area contributed by atoms with Crippen molar-refractivity contribution in [2.45, 2.75) is 26.2 Å². The predicted molar refractivity (Wildman–Crippen MR) is 174 cm³/mol. The maximum absolute atomic E-state index is 4.77. The number of benzene rings is 5. The summed E-state index contributed by atoms with van der Waals surface area (Å²) >= 11 is 0. The SMILES string of the molecule is CC(C)(C)c1ccc(-c2cc(-n3c4ccc(-c5ccccc5)cc4c4cc(-c5ccccc5)ccc43)ccn2)cc1. The van der Waals surface area contributed by atoms with Crippen LogP contribution in [0.5, 0.6) is 0 Å². The quantitative estimate of drug-likeness (QED) is 0.222. The summed E-state index contributed by atoms with van der Waals surface area (Å²) in [6, 6.07) is 48.1. The lowest BCUT2D eigenvalue weighted by Gasteiger charge is -2.19. The van der Waals surface area contributed by atoms with Gasteiger partial charge in [0.25, 0.3) is 0 Å². The van der Waals surface area contributed by atoms with E-state index in [2.05, 4.69) is 159 Å². The molecular formula is C39H32N2. The zero-order chi connectivity index (χ0) is 28.0. The average Bonchev–Trinajstić information content (AvgIpc) is 3.34. The molecule has 0 saturated carbocycles. The Bertz CT molecular complexity index is 1900. The van der Waals surface area contributed by atoms with Gasteiger partial charge in [0.15, 0.2) is 0 Å². The molecule has 0 amide bonds. The van der Waals surface area contributed by atoms with E-state index in [1.165, 1.54) is 49.6 Å². The van der Waals surface area contributed by atoms with Gasteiger partial charge in [0, 0.05) is 28.2 Å². The van der Waals surface area contributed by atoms with Gasteiger partial charge in [-0.15, -0.1) is 0 Å². The molecule has 2 heterocycles. The molecule has 7 rings (SSSR count). The molecule has 0 aliphatic rings. The minimum atomic E-state index is 0.119. The summed E-state index contributed by atoms with van der Waals surface area (Å²) in [5, 5.41) is 2.49. The highest BCUT2D eigenvalue weighted by Crippen LogP contribution is 2.37. The molecule has 7 aromatic rings. The fourth-order valence-corrected chi connectivity index (χ4v) is 5.78. The minimum Gasteiger partial charge on any atom is -0.309 e. The van der Waals surface area contributed by atoms with E-state index >= 15 is 0 Å². The summed E-state index contributed by atoms with van der Waals surface area (Å²) in [5.74, 6) is 0. The average molecular weight is 529 g/mol. The molecule has 0 aliphatic heterocycles. The van der Waals surface area contributed by atoms with E-state index in [-0.39, 0.29) is 5.41 Å². The van der Waals surface area contributed by atoms with E-state index in [1.54, 1.807) is 0 Å². The molecule has 2 aromatic heterocycles. The molecule has 0 saturated heterocycles. The number of nitrogens with zero attached hydrogens (tertiary/aromatic N) is 2. The van der Waals surface area contributed by atoms with E-state index in [4.69, 9.17) is 4.98 Å². The van der Waals surface area contributed by atoms with E-state index < -0.39 is 0 Å². The van der Waals surface area contributed by atoms with Crippen molar-refractivity contribution in [3.8, 4) is 39.2 Å². The lowest BCUT2D eigenvalue weighted by molar-refractivity contribution is 0.590. The minimum absolute atomic E-state index is 0.119. The van der Waals surface area contributed by atoms with Crippen LogP contribution in [-0.4, -0.2) is 9.55 Å². The van der Waals surface area contributed by atoms with Crippen LogP contribution in [0.3, 0.4) is 0 Å². The molecule has 41 heavy (non-hydrogen) atoms. The molecule has 0 radical (unpaired) electrons. The molecule has 0 spiro atoms. The second kappa shape index (κ2) is 9.91. The van der Waals surface area contributed by atoms with Crippen LogP contribution in [-0.2, 0) is 5.41 Å². The lowest BCUT2D eigenvalue weighted by atomic mass is 9.86. The maximum Gasteiger partial charge on any atom is 0.0722 e. The first-order valence-electron chi connectivity index (χ1n) is 14.2. The number of pyridine rings is 1. The summed E-state index contributed by atoms with van der Waals surface area (Å²) < 4.78 is 2.38. The van der Waals surface area contributed by atoms with E-state index in [1.807, 2.05) is 6.20 Å². The largest absolute Gasteiger partial charge is 0.309 e. The van der Waals surface area contributed by atoms with Crippen LogP contribution in [0.25, 0.3) is 61.0 Å². The molecule has 0 N–H and O–H groups in total. The molecule has 0 aliphatic carbocycles. The number of rotatable bonds is 4. The predicted octanol–water partition coefficient (Wildman–Crippen LogP) is 10.5. The van der Waals surface area contributed by atoms with Gasteiger partial charge in [-0.25, -0.2) is 0 Å². The first kappa shape index (κ1) is 25.0. The van der Waals surface area contributed by atoms with Crippen molar-refractivity contribution < 1.29 is 0 Å². The molecular weight excluding hydrogens is 496 g/mol. The van der Waals surface area contributed by atoms with E-state index in [9.17, 15) is 0 Å². The van der Waals surface area contributed by atoms with Crippen molar-refractivity contribution in [2.75, 3.05) is 0 Å². The zero-order valence-corrected chi connectivity index (χ0v) is 23.7. The van der Waals surface area contributed by atoms with Gasteiger partial charge in [0.2, 0.25) is 0 Å². The summed E-state index contributed by atoms with van der Waals surface area (Å²) in [6.07, 6.45) is 1.93. The number of hydrogen-bond acceptors (Lipinski definition) is 1. The Morgan fingerprint density at radius 1 is 0.488 bits per heavy atom. The molecule has 0 unspecified atom stereocenters. The smallest absolute Gasteiger partial charge is 0.0722 e. The van der Waals surface area contributed by atoms with Crippen LogP contribution in [0.4, 0.5) is 0 Å². The van der Waals surface area contributed by atoms with Crippen LogP contribution >= 0.6 is 0 Å². The van der Waals surface area contributed by atoms with E-state index in [0.717, 1.165) is 16.9 Å². The standard InChI is InChI=1S/C39H32N2/c1-39(2,3)32-18-14-29(15-19-32)36-26-33(22-23-40-36)41-37-20-16-30(27-10-6-4-7-11-27)24-34(37)35-25-31(17-21-38(35)41)28-12-8-5-9-13-28/h4-26H,1-3H3. The Hall–Kier alpha value is -4.95. The lowest BCUT2D eigenvalue weighted by Crippen LogP contribution is -2.10. The second-order valence-corrected chi connectivity index (χ2v) is 11.8. The number of fused-ring (bicyclic) bond motifs is 3. The molecule has 0 atom stereocenters. The van der Waals surface area contributed by atoms with Crippen LogP contribution < -0.4 is 0 Å². The van der Waals surface area contributed by atoms with Gasteiger partial charge in [-0.1, -0.05) is 118 Å². The van der Waals surface area contributed by atoms with Crippen molar-refractivity contribution in [1.29, 1.82) is 0 Å². The zero-order valence-electron chi connectivity index (χ0n) is 23.7. The first-order chi connectivity index (χ1) is 20.0. The van der Waals surface area contributed by atoms with Gasteiger partial charge in [-0.2, -0.15) is 0 Å². The van der Waals surface area contributed by atoms with Gasteiger partial charge in [0.05, 0.1) is 16.7 Å². The van der Waals surface area contributed by atoms with Crippen LogP contribution in [0.1, 0.15) is 26.3 Å². The Labute approximate surface area is 241 Å². The highest BCUT2D eigenvalue weighted by Gasteiger charge is 2.16. The molecule has 198 valence electrons. The summed E-state index contributed by atoms with van der Waals surface area (Å²) in [6.45, 7) is 6.74. The van der Waals surface area contributed by atoms with Gasteiger partial charge < -0.3 is 4.57 Å². The molecule has 2 nitrogen and oxygen atoms in total. The summed E-state index contributed by atoms with van der Waals surface area (Å²) in [7, 11) is 0. The van der Waals surface area contributed by atoms with E-state index in [0.29, 0.717) is 0 Å². The first-order valence-corrected chi connectivity index (χ1v) is 14.2. The van der Waals surface area contributed by atoms with Crippen molar-refractivity contribution >= 4 is 21.8 Å². The highest BCUT2D eigenvalue weighted by atomic mass is 15.0. The Morgan fingerprint density at radius 2 is 1.00 bits per heavy atom. The number of aromatic nitrogens is 2. The van der Waals surface area contributed by atoms with Gasteiger partial charge in [0.1, 0.15) is 0 Å². The topological polar surface area (TPSA) is 17.8 Å². The Morgan fingerprint density at radius 3 is 1.51 bits per heavy atom. The van der Waals surface area contributed by atoms with Gasteiger partial charge >= 0.3 is 0 Å². The highest BCUT2D eigenvalue weighted by molar-refractivity contribution is 6.11. The molecule has 0 fully saturated rings. The van der Waals surface area contributed by atoms with Crippen LogP contribution in [0.15, 0.2) is 140 Å². The Kier molecular flexibility index (Phi) is 6.05. The summed E-state index contributed by atoms with van der Waals surface area (Å²) in [5.41, 5.74) is 11.9. The third kappa shape index (κ3) is 4.62. The van der Waals surface area contributed by atoms with Gasteiger partial charge in [-0.3, -0.25) is 4.98 Å². The Balaban J connectivity index is 1.43. The number of hydrogen-bond donors (Lipinski definition) is 0. The van der Waals surface area contributed by atoms with Gasteiger partial charge in [-0.05, 0) is 69.6 Å². The van der Waals surface area contributed by atoms with Crippen molar-refractivity contribution in [3.63, 3.8) is 0 Å². The second-order valence-electron chi connectivity index (χ2n) is 11.8. The summed E-state index contributed by atoms with van der Waals surface area (Å²) in [4.78, 5) is 4.77. The normalized spacial score (nSPS) is 11.8. The molecule has 5 aromatic carbocycles. The fourth-order valence-electron chi connectivity index (χ4n) is 5.78. The van der Waals surface area contributed by atoms with Crippen molar-refractivity contribution in [2.24, 2.45) is 0 Å². The maximum atomic E-state index is 4.77. The fraction of sp³-hybridized carbons (Fsp3) is 0.103. The van der Waals surface area contributed by atoms with Crippen molar-refractivity contribution in [3.05, 3.63) is 145 Å². The molecule has 2 heteroatoms. The monoisotopic (exact) mass is 528 g/mol. The molecule has 0 bridgehead atoms. The third-order valence-corrected chi connectivity index (χ3v) is 8.03. The van der Waals surface area contributed by atoms with Crippen molar-refractivity contribution in [1.82, 2.24) is 9.55 Å². The van der Waals surface area contributed by atoms with Crippen LogP contribution in [0.2, 0.25) is 0 Å².